The maximum atomic E-state index is 14.7. The number of hydrogen-bond donors (Lipinski definition) is 1. The monoisotopic (exact) mass is 631 g/mol. The predicted molar refractivity (Wildman–Crippen MR) is 162 cm³/mol. The van der Waals surface area contributed by atoms with E-state index in [0.29, 0.717) is 44.2 Å². The van der Waals surface area contributed by atoms with Crippen molar-refractivity contribution >= 4 is 39.1 Å². The molecule has 6 rings (SSSR count). The van der Waals surface area contributed by atoms with Gasteiger partial charge in [0.25, 0.3) is 5.91 Å². The molecule has 1 aromatic heterocycles. The van der Waals surface area contributed by atoms with Gasteiger partial charge in [-0.1, -0.05) is 52.3 Å². The number of aliphatic hydroxyl groups excluding tert-OH is 1. The number of ether oxygens (including phenoxy) is 2. The van der Waals surface area contributed by atoms with Gasteiger partial charge in [0.1, 0.15) is 5.75 Å². The van der Waals surface area contributed by atoms with Gasteiger partial charge in [0.05, 0.1) is 23.9 Å². The molecular weight excluding hydrogens is 602 g/mol. The molecule has 0 radical (unpaired) electrons. The van der Waals surface area contributed by atoms with Crippen molar-refractivity contribution < 1.29 is 19.4 Å². The van der Waals surface area contributed by atoms with E-state index in [2.05, 4.69) is 33.0 Å². The number of benzene rings is 3. The number of thiazole rings is 1. The molecular formula is C32H30BrN3O4S. The molecule has 2 aliphatic heterocycles. The van der Waals surface area contributed by atoms with E-state index in [1.807, 2.05) is 77.9 Å². The standard InChI is InChI=1S/C32H30BrN3O4S/c1-21-34-26(20-41-21)19-36-18-24-5-2-3-6-28(24)29-32(31(36)38,17-22-7-11-25(33)12-8-22)35-30(40-29)23-9-13-27(14-10-23)39-16-4-15-37/h2-3,5-14,20,29,37H,4,15-19H2,1H3/t29-,32-/m0/s1. The van der Waals surface area contributed by atoms with Gasteiger partial charge in [-0.3, -0.25) is 4.79 Å². The summed E-state index contributed by atoms with van der Waals surface area (Å²) in [5.74, 6) is 1.06. The largest absolute Gasteiger partial charge is 0.494 e. The maximum Gasteiger partial charge on any atom is 0.255 e. The number of amides is 1. The average molecular weight is 633 g/mol. The molecule has 3 aromatic carbocycles. The van der Waals surface area contributed by atoms with E-state index in [4.69, 9.17) is 19.6 Å². The van der Waals surface area contributed by atoms with Gasteiger partial charge < -0.3 is 19.5 Å². The highest BCUT2D eigenvalue weighted by Crippen LogP contribution is 2.47. The number of carbonyl (C=O) groups is 1. The number of aliphatic imine (C=N–C) groups is 1. The second kappa shape index (κ2) is 11.8. The van der Waals surface area contributed by atoms with Gasteiger partial charge in [0, 0.05) is 47.0 Å². The predicted octanol–water partition coefficient (Wildman–Crippen LogP) is 6.02. The molecule has 0 spiro atoms. The summed E-state index contributed by atoms with van der Waals surface area (Å²) in [5, 5.41) is 12.0. The first kappa shape index (κ1) is 27.6. The van der Waals surface area contributed by atoms with Gasteiger partial charge in [-0.15, -0.1) is 11.3 Å². The first-order chi connectivity index (χ1) is 19.9. The molecule has 1 amide bonds. The van der Waals surface area contributed by atoms with Crippen molar-refractivity contribution in [2.75, 3.05) is 13.2 Å². The lowest BCUT2D eigenvalue weighted by Gasteiger charge is -2.32. The summed E-state index contributed by atoms with van der Waals surface area (Å²) in [4.78, 5) is 26.4. The Bertz CT molecular complexity index is 1570. The Balaban J connectivity index is 1.44. The molecule has 0 saturated carbocycles. The van der Waals surface area contributed by atoms with Crippen LogP contribution in [-0.2, 0) is 29.0 Å². The molecule has 2 aliphatic rings. The maximum absolute atomic E-state index is 14.7. The van der Waals surface area contributed by atoms with Crippen LogP contribution in [0.3, 0.4) is 0 Å². The van der Waals surface area contributed by atoms with Gasteiger partial charge in [-0.2, -0.15) is 0 Å². The number of aromatic nitrogens is 1. The summed E-state index contributed by atoms with van der Waals surface area (Å²) in [6.07, 6.45) is 0.361. The fraction of sp³-hybridized carbons (Fsp3) is 0.281. The number of rotatable bonds is 9. The van der Waals surface area contributed by atoms with Crippen LogP contribution in [0.1, 0.15) is 45.5 Å². The number of hydrogen-bond acceptors (Lipinski definition) is 7. The molecule has 0 saturated heterocycles. The first-order valence-electron chi connectivity index (χ1n) is 13.6. The number of fused-ring (bicyclic) bond motifs is 3. The Morgan fingerprint density at radius 2 is 1.90 bits per heavy atom. The fourth-order valence-electron chi connectivity index (χ4n) is 5.45. The number of aliphatic hydroxyl groups is 1. The molecule has 9 heteroatoms. The van der Waals surface area contributed by atoms with Crippen molar-refractivity contribution in [1.29, 1.82) is 0 Å². The molecule has 3 heterocycles. The lowest BCUT2D eigenvalue weighted by molar-refractivity contribution is -0.140. The quantitative estimate of drug-likeness (QED) is 0.229. The zero-order valence-electron chi connectivity index (χ0n) is 22.6. The summed E-state index contributed by atoms with van der Waals surface area (Å²) in [5.41, 5.74) is 3.45. The van der Waals surface area contributed by atoms with Gasteiger partial charge in [0.15, 0.2) is 11.6 Å². The summed E-state index contributed by atoms with van der Waals surface area (Å²) in [7, 11) is 0. The number of nitrogens with zero attached hydrogens (tertiary/aromatic N) is 3. The number of aryl methyl sites for hydroxylation is 1. The third-order valence-corrected chi connectivity index (χ3v) is 8.75. The van der Waals surface area contributed by atoms with Crippen LogP contribution in [0.2, 0.25) is 0 Å². The van der Waals surface area contributed by atoms with E-state index in [1.165, 1.54) is 0 Å². The van der Waals surface area contributed by atoms with Crippen molar-refractivity contribution in [2.45, 2.75) is 44.5 Å². The number of halogens is 1. The molecule has 7 nitrogen and oxygen atoms in total. The van der Waals surface area contributed by atoms with Crippen LogP contribution in [0.4, 0.5) is 0 Å². The Morgan fingerprint density at radius 1 is 1.12 bits per heavy atom. The Morgan fingerprint density at radius 3 is 2.63 bits per heavy atom. The molecule has 4 aromatic rings. The number of carbonyl (C=O) groups excluding carboxylic acids is 1. The Hall–Kier alpha value is -3.53. The smallest absolute Gasteiger partial charge is 0.255 e. The minimum atomic E-state index is -1.20. The van der Waals surface area contributed by atoms with Crippen LogP contribution in [0.25, 0.3) is 0 Å². The highest BCUT2D eigenvalue weighted by atomic mass is 79.9. The zero-order chi connectivity index (χ0) is 28.4. The van der Waals surface area contributed by atoms with E-state index >= 15 is 0 Å². The van der Waals surface area contributed by atoms with Crippen molar-refractivity contribution in [3.05, 3.63) is 116 Å². The van der Waals surface area contributed by atoms with Crippen LogP contribution >= 0.6 is 27.3 Å². The molecule has 1 N–H and O–H groups in total. The van der Waals surface area contributed by atoms with E-state index in [9.17, 15) is 4.79 Å². The van der Waals surface area contributed by atoms with Crippen molar-refractivity contribution in [3.63, 3.8) is 0 Å². The molecule has 0 aliphatic carbocycles. The molecule has 41 heavy (non-hydrogen) atoms. The molecule has 0 bridgehead atoms. The Kier molecular flexibility index (Phi) is 7.92. The average Bonchev–Trinajstić information content (AvgIpc) is 3.56. The SMILES string of the molecule is Cc1nc(CN2Cc3ccccc3[C@@H]3OC(c4ccc(OCCCO)cc4)=N[C@]3(Cc3ccc(Br)cc3)C2=O)cs1. The van der Waals surface area contributed by atoms with Gasteiger partial charge in [-0.05, 0) is 54.4 Å². The fourth-order valence-corrected chi connectivity index (χ4v) is 6.32. The van der Waals surface area contributed by atoms with Gasteiger partial charge in [-0.25, -0.2) is 9.98 Å². The van der Waals surface area contributed by atoms with Crippen LogP contribution in [-0.4, -0.2) is 45.5 Å². The second-order valence-electron chi connectivity index (χ2n) is 10.3. The van der Waals surface area contributed by atoms with Crippen molar-refractivity contribution in [1.82, 2.24) is 9.88 Å². The minimum Gasteiger partial charge on any atom is -0.494 e. The molecule has 0 unspecified atom stereocenters. The van der Waals surface area contributed by atoms with Crippen LogP contribution in [0.5, 0.6) is 5.75 Å². The summed E-state index contributed by atoms with van der Waals surface area (Å²) in [6.45, 7) is 3.35. The third kappa shape index (κ3) is 5.66. The zero-order valence-corrected chi connectivity index (χ0v) is 25.0. The van der Waals surface area contributed by atoms with E-state index in [1.54, 1.807) is 11.3 Å². The Labute approximate surface area is 251 Å². The molecule has 0 fully saturated rings. The highest BCUT2D eigenvalue weighted by molar-refractivity contribution is 9.10. The topological polar surface area (TPSA) is 84.2 Å². The lowest BCUT2D eigenvalue weighted by atomic mass is 9.81. The first-order valence-corrected chi connectivity index (χ1v) is 15.3. The summed E-state index contributed by atoms with van der Waals surface area (Å²) >= 11 is 5.11. The summed E-state index contributed by atoms with van der Waals surface area (Å²) < 4.78 is 13.4. The second-order valence-corrected chi connectivity index (χ2v) is 12.3. The van der Waals surface area contributed by atoms with Crippen molar-refractivity contribution in [2.24, 2.45) is 4.99 Å². The van der Waals surface area contributed by atoms with Crippen LogP contribution < -0.4 is 4.74 Å². The molecule has 210 valence electrons. The van der Waals surface area contributed by atoms with Crippen molar-refractivity contribution in [3.8, 4) is 5.75 Å². The lowest BCUT2D eigenvalue weighted by Crippen LogP contribution is -2.49. The van der Waals surface area contributed by atoms with Gasteiger partial charge in [0.2, 0.25) is 5.90 Å². The van der Waals surface area contributed by atoms with E-state index in [0.717, 1.165) is 37.4 Å². The normalized spacial score (nSPS) is 19.7. The van der Waals surface area contributed by atoms with E-state index in [-0.39, 0.29) is 12.5 Å². The van der Waals surface area contributed by atoms with Crippen LogP contribution in [0, 0.1) is 6.92 Å². The minimum absolute atomic E-state index is 0.0776. The van der Waals surface area contributed by atoms with E-state index < -0.39 is 11.6 Å². The summed E-state index contributed by atoms with van der Waals surface area (Å²) in [6, 6.07) is 23.7. The third-order valence-electron chi connectivity index (χ3n) is 7.40. The molecule has 2 atom stereocenters. The van der Waals surface area contributed by atoms with Gasteiger partial charge >= 0.3 is 0 Å². The van der Waals surface area contributed by atoms with Crippen LogP contribution in [0.15, 0.2) is 87.6 Å². The highest BCUT2D eigenvalue weighted by Gasteiger charge is 2.56.